The molecule has 0 aliphatic carbocycles. The van der Waals surface area contributed by atoms with E-state index in [1.807, 2.05) is 19.9 Å². The highest BCUT2D eigenvalue weighted by Gasteiger charge is 2.37. The minimum atomic E-state index is -0.847. The fraction of sp³-hybridized carbons (Fsp3) is 0.429. The predicted octanol–water partition coefficient (Wildman–Crippen LogP) is 1.37. The number of anilines is 1. The number of aliphatic carboxylic acids is 1. The average molecular weight is 262 g/mol. The Kier molecular flexibility index (Phi) is 3.46. The second-order valence-corrected chi connectivity index (χ2v) is 5.22. The van der Waals surface area contributed by atoms with Crippen LogP contribution in [0.1, 0.15) is 22.8 Å². The van der Waals surface area contributed by atoms with Gasteiger partial charge in [0.2, 0.25) is 0 Å². The highest BCUT2D eigenvalue weighted by atomic mass is 16.4. The van der Waals surface area contributed by atoms with E-state index >= 15 is 0 Å². The van der Waals surface area contributed by atoms with Crippen molar-refractivity contribution in [3.05, 3.63) is 29.3 Å². The van der Waals surface area contributed by atoms with Crippen LogP contribution in [0, 0.1) is 18.8 Å². The monoisotopic (exact) mass is 262 g/mol. The van der Waals surface area contributed by atoms with E-state index in [9.17, 15) is 9.59 Å². The number of carbonyl (C=O) groups is 2. The van der Waals surface area contributed by atoms with Crippen LogP contribution in [0.15, 0.2) is 18.2 Å². The zero-order valence-electron chi connectivity index (χ0n) is 11.1. The van der Waals surface area contributed by atoms with E-state index in [-0.39, 0.29) is 18.4 Å². The van der Waals surface area contributed by atoms with Crippen molar-refractivity contribution in [2.75, 3.05) is 18.8 Å². The quantitative estimate of drug-likeness (QED) is 0.788. The molecule has 1 aliphatic rings. The molecule has 1 fully saturated rings. The van der Waals surface area contributed by atoms with Crippen LogP contribution in [0.4, 0.5) is 5.69 Å². The molecule has 2 atom stereocenters. The summed E-state index contributed by atoms with van der Waals surface area (Å²) >= 11 is 0. The van der Waals surface area contributed by atoms with Gasteiger partial charge in [-0.15, -0.1) is 0 Å². The summed E-state index contributed by atoms with van der Waals surface area (Å²) in [4.78, 5) is 25.0. The number of carboxylic acids is 1. The van der Waals surface area contributed by atoms with Gasteiger partial charge in [0, 0.05) is 18.8 Å². The molecule has 5 nitrogen and oxygen atoms in total. The van der Waals surface area contributed by atoms with Crippen molar-refractivity contribution in [2.24, 2.45) is 11.8 Å². The number of carboxylic acid groups (broad SMARTS) is 1. The number of rotatable bonds is 2. The van der Waals surface area contributed by atoms with E-state index in [1.54, 1.807) is 17.0 Å². The number of benzene rings is 1. The maximum Gasteiger partial charge on any atom is 0.308 e. The van der Waals surface area contributed by atoms with Crippen LogP contribution in [0.2, 0.25) is 0 Å². The van der Waals surface area contributed by atoms with E-state index in [4.69, 9.17) is 10.8 Å². The first kappa shape index (κ1) is 13.4. The van der Waals surface area contributed by atoms with Gasteiger partial charge < -0.3 is 15.7 Å². The molecule has 1 heterocycles. The summed E-state index contributed by atoms with van der Waals surface area (Å²) in [6.45, 7) is 4.46. The molecule has 2 rings (SSSR count). The van der Waals surface area contributed by atoms with Crippen molar-refractivity contribution in [1.82, 2.24) is 4.90 Å². The van der Waals surface area contributed by atoms with Crippen molar-refractivity contribution < 1.29 is 14.7 Å². The maximum atomic E-state index is 12.4. The molecule has 1 amide bonds. The average Bonchev–Trinajstić information content (AvgIpc) is 2.74. The summed E-state index contributed by atoms with van der Waals surface area (Å²) in [5.74, 6) is -1.56. The Labute approximate surface area is 112 Å². The summed E-state index contributed by atoms with van der Waals surface area (Å²) < 4.78 is 0. The number of aryl methyl sites for hydroxylation is 1. The molecular weight excluding hydrogens is 244 g/mol. The van der Waals surface area contributed by atoms with Crippen molar-refractivity contribution in [2.45, 2.75) is 13.8 Å². The number of carbonyl (C=O) groups excluding carboxylic acids is 1. The normalized spacial score (nSPS) is 22.5. The molecule has 0 aromatic heterocycles. The summed E-state index contributed by atoms with van der Waals surface area (Å²) in [7, 11) is 0. The van der Waals surface area contributed by atoms with Gasteiger partial charge in [-0.3, -0.25) is 9.59 Å². The zero-order valence-corrected chi connectivity index (χ0v) is 11.1. The zero-order chi connectivity index (χ0) is 14.2. The topological polar surface area (TPSA) is 83.6 Å². The Morgan fingerprint density at radius 1 is 1.37 bits per heavy atom. The first-order chi connectivity index (χ1) is 8.90. The Morgan fingerprint density at radius 3 is 2.63 bits per heavy atom. The summed E-state index contributed by atoms with van der Waals surface area (Å²) in [6, 6.07) is 5.30. The molecule has 5 heteroatoms. The number of nitrogen functional groups attached to an aromatic ring is 1. The van der Waals surface area contributed by atoms with Gasteiger partial charge in [0.15, 0.2) is 0 Å². The van der Waals surface area contributed by atoms with Crippen molar-refractivity contribution in [3.63, 3.8) is 0 Å². The minimum absolute atomic E-state index is 0.0347. The van der Waals surface area contributed by atoms with Gasteiger partial charge in [-0.05, 0) is 25.0 Å². The van der Waals surface area contributed by atoms with E-state index < -0.39 is 11.9 Å². The van der Waals surface area contributed by atoms with Crippen LogP contribution >= 0.6 is 0 Å². The van der Waals surface area contributed by atoms with Crippen LogP contribution in [0.3, 0.4) is 0 Å². The number of hydrogen-bond acceptors (Lipinski definition) is 3. The summed E-state index contributed by atoms with van der Waals surface area (Å²) in [5, 5.41) is 9.09. The summed E-state index contributed by atoms with van der Waals surface area (Å²) in [5.41, 5.74) is 7.67. The molecular formula is C14H18N2O3. The molecule has 1 aromatic rings. The third kappa shape index (κ3) is 2.54. The molecule has 0 bridgehead atoms. The predicted molar refractivity (Wildman–Crippen MR) is 71.8 cm³/mol. The van der Waals surface area contributed by atoms with Gasteiger partial charge in [0.25, 0.3) is 5.91 Å². The molecule has 102 valence electrons. The molecule has 0 unspecified atom stereocenters. The number of nitrogens with zero attached hydrogens (tertiary/aromatic N) is 1. The van der Waals surface area contributed by atoms with Gasteiger partial charge in [0.05, 0.1) is 11.5 Å². The highest BCUT2D eigenvalue weighted by Crippen LogP contribution is 2.26. The van der Waals surface area contributed by atoms with E-state index in [2.05, 4.69) is 0 Å². The van der Waals surface area contributed by atoms with Crippen LogP contribution in [-0.2, 0) is 4.79 Å². The maximum absolute atomic E-state index is 12.4. The number of hydrogen-bond donors (Lipinski definition) is 2. The lowest BCUT2D eigenvalue weighted by Gasteiger charge is -2.17. The summed E-state index contributed by atoms with van der Waals surface area (Å²) in [6.07, 6.45) is 0. The Hall–Kier alpha value is -2.04. The minimum Gasteiger partial charge on any atom is -0.481 e. The molecule has 19 heavy (non-hydrogen) atoms. The SMILES string of the molecule is Cc1ccc(N)c(C(=O)N2C[C@@H](C)[C@H](C(=O)O)C2)c1. The van der Waals surface area contributed by atoms with Crippen molar-refractivity contribution >= 4 is 17.6 Å². The fourth-order valence-electron chi connectivity index (χ4n) is 2.48. The lowest BCUT2D eigenvalue weighted by atomic mass is 9.99. The Bertz CT molecular complexity index is 527. The third-order valence-corrected chi connectivity index (χ3v) is 3.66. The fourth-order valence-corrected chi connectivity index (χ4v) is 2.48. The molecule has 3 N–H and O–H groups in total. The largest absolute Gasteiger partial charge is 0.481 e. The van der Waals surface area contributed by atoms with Crippen molar-refractivity contribution in [3.8, 4) is 0 Å². The van der Waals surface area contributed by atoms with Gasteiger partial charge >= 0.3 is 5.97 Å². The standard InChI is InChI=1S/C14H18N2O3/c1-8-3-4-12(15)10(5-8)13(17)16-6-9(2)11(7-16)14(18)19/h3-5,9,11H,6-7,15H2,1-2H3,(H,18,19)/t9-,11-/m1/s1. The van der Waals surface area contributed by atoms with Gasteiger partial charge in [-0.1, -0.05) is 18.6 Å². The lowest BCUT2D eigenvalue weighted by molar-refractivity contribution is -0.142. The van der Waals surface area contributed by atoms with Crippen LogP contribution in [-0.4, -0.2) is 35.0 Å². The second kappa shape index (κ2) is 4.91. The smallest absolute Gasteiger partial charge is 0.308 e. The number of nitrogens with two attached hydrogens (primary N) is 1. The molecule has 1 aromatic carbocycles. The van der Waals surface area contributed by atoms with Crippen LogP contribution < -0.4 is 5.73 Å². The molecule has 1 aliphatic heterocycles. The number of amides is 1. The van der Waals surface area contributed by atoms with Gasteiger partial charge in [-0.2, -0.15) is 0 Å². The molecule has 0 saturated carbocycles. The van der Waals surface area contributed by atoms with Crippen molar-refractivity contribution in [1.29, 1.82) is 0 Å². The molecule has 1 saturated heterocycles. The van der Waals surface area contributed by atoms with Gasteiger partial charge in [0.1, 0.15) is 0 Å². The van der Waals surface area contributed by atoms with E-state index in [0.29, 0.717) is 17.8 Å². The molecule has 0 radical (unpaired) electrons. The highest BCUT2D eigenvalue weighted by molar-refractivity contribution is 5.99. The van der Waals surface area contributed by atoms with Crippen LogP contribution in [0.25, 0.3) is 0 Å². The lowest BCUT2D eigenvalue weighted by Crippen LogP contribution is -2.30. The molecule has 0 spiro atoms. The Morgan fingerprint density at radius 2 is 2.05 bits per heavy atom. The van der Waals surface area contributed by atoms with E-state index in [1.165, 1.54) is 0 Å². The Balaban J connectivity index is 2.22. The second-order valence-electron chi connectivity index (χ2n) is 5.22. The third-order valence-electron chi connectivity index (χ3n) is 3.66. The number of likely N-dealkylation sites (tertiary alicyclic amines) is 1. The first-order valence-corrected chi connectivity index (χ1v) is 6.28. The van der Waals surface area contributed by atoms with E-state index in [0.717, 1.165) is 5.56 Å². The first-order valence-electron chi connectivity index (χ1n) is 6.28. The van der Waals surface area contributed by atoms with Crippen LogP contribution in [0.5, 0.6) is 0 Å². The van der Waals surface area contributed by atoms with Gasteiger partial charge in [-0.25, -0.2) is 0 Å².